The van der Waals surface area contributed by atoms with E-state index >= 15 is 0 Å². The van der Waals surface area contributed by atoms with Crippen LogP contribution in [-0.2, 0) is 4.74 Å². The molecular weight excluding hydrogens is 204 g/mol. The lowest BCUT2D eigenvalue weighted by molar-refractivity contribution is -0.0325. The highest BCUT2D eigenvalue weighted by Crippen LogP contribution is 2.26. The van der Waals surface area contributed by atoms with Gasteiger partial charge in [0.2, 0.25) is 0 Å². The van der Waals surface area contributed by atoms with Gasteiger partial charge in [0.15, 0.2) is 17.7 Å². The molecule has 0 fully saturated rings. The second-order valence-corrected chi connectivity index (χ2v) is 4.88. The highest BCUT2D eigenvalue weighted by atomic mass is 16.5. The molecule has 0 N–H and O–H groups in total. The van der Waals surface area contributed by atoms with Crippen molar-refractivity contribution < 1.29 is 14.3 Å². The molecule has 0 unspecified atom stereocenters. The van der Waals surface area contributed by atoms with Crippen LogP contribution in [0.4, 0.5) is 0 Å². The average Bonchev–Trinajstić information content (AvgIpc) is 2.43. The van der Waals surface area contributed by atoms with E-state index in [1.54, 1.807) is 24.3 Å². The Morgan fingerprint density at radius 3 is 1.81 bits per heavy atom. The van der Waals surface area contributed by atoms with Crippen molar-refractivity contribution in [2.75, 3.05) is 0 Å². The Morgan fingerprint density at radius 1 is 1.00 bits per heavy atom. The van der Waals surface area contributed by atoms with E-state index in [4.69, 9.17) is 4.74 Å². The van der Waals surface area contributed by atoms with Crippen molar-refractivity contribution >= 4 is 11.6 Å². The number of fused-ring (bicyclic) bond motifs is 1. The fourth-order valence-corrected chi connectivity index (χ4v) is 1.77. The number of ketones is 2. The van der Waals surface area contributed by atoms with Crippen LogP contribution >= 0.6 is 0 Å². The molecule has 0 aliphatic heterocycles. The fourth-order valence-electron chi connectivity index (χ4n) is 1.77. The minimum atomic E-state index is -0.961. The lowest BCUT2D eigenvalue weighted by Crippen LogP contribution is -2.34. The third kappa shape index (κ3) is 1.78. The summed E-state index contributed by atoms with van der Waals surface area (Å²) in [5, 5.41) is 0. The smallest absolute Gasteiger partial charge is 0.200 e. The van der Waals surface area contributed by atoms with E-state index in [-0.39, 0.29) is 11.6 Å². The Labute approximate surface area is 94.4 Å². The maximum absolute atomic E-state index is 11.9. The zero-order valence-corrected chi connectivity index (χ0v) is 9.61. The van der Waals surface area contributed by atoms with Gasteiger partial charge in [0, 0.05) is 11.1 Å². The lowest BCUT2D eigenvalue weighted by atomic mass is 10.1. The van der Waals surface area contributed by atoms with Crippen LogP contribution in [0.2, 0.25) is 0 Å². The summed E-state index contributed by atoms with van der Waals surface area (Å²) < 4.78 is 5.51. The van der Waals surface area contributed by atoms with Gasteiger partial charge in [0.25, 0.3) is 0 Å². The molecule has 1 aliphatic carbocycles. The summed E-state index contributed by atoms with van der Waals surface area (Å²) in [5.41, 5.74) is 0.446. The van der Waals surface area contributed by atoms with E-state index in [2.05, 4.69) is 0 Å². The first kappa shape index (κ1) is 11.0. The number of hydrogen-bond donors (Lipinski definition) is 0. The van der Waals surface area contributed by atoms with Crippen molar-refractivity contribution in [1.82, 2.24) is 0 Å². The molecule has 3 heteroatoms. The second-order valence-electron chi connectivity index (χ2n) is 4.88. The molecule has 1 aromatic carbocycles. The highest BCUT2D eigenvalue weighted by molar-refractivity contribution is 6.28. The van der Waals surface area contributed by atoms with Gasteiger partial charge >= 0.3 is 0 Å². The van der Waals surface area contributed by atoms with Gasteiger partial charge in [-0.15, -0.1) is 0 Å². The van der Waals surface area contributed by atoms with E-state index in [0.29, 0.717) is 11.1 Å². The average molecular weight is 218 g/mol. The van der Waals surface area contributed by atoms with E-state index in [1.165, 1.54) is 0 Å². The molecule has 3 nitrogen and oxygen atoms in total. The molecule has 0 heterocycles. The monoisotopic (exact) mass is 218 g/mol. The predicted octanol–water partition coefficient (Wildman–Crippen LogP) is 2.25. The topological polar surface area (TPSA) is 43.4 Å². The largest absolute Gasteiger partial charge is 0.356 e. The molecule has 0 radical (unpaired) electrons. The van der Waals surface area contributed by atoms with Gasteiger partial charge in [0.05, 0.1) is 5.60 Å². The molecule has 0 atom stereocenters. The van der Waals surface area contributed by atoms with Crippen molar-refractivity contribution in [3.05, 3.63) is 35.4 Å². The van der Waals surface area contributed by atoms with Gasteiger partial charge in [0.1, 0.15) is 0 Å². The van der Waals surface area contributed by atoms with Gasteiger partial charge in [-0.3, -0.25) is 9.59 Å². The number of carbonyl (C=O) groups is 2. The highest BCUT2D eigenvalue weighted by Gasteiger charge is 2.41. The summed E-state index contributed by atoms with van der Waals surface area (Å²) in [6.45, 7) is 5.49. The molecule has 0 bridgehead atoms. The number of Topliss-reactive ketones (excluding diaryl/α,β-unsaturated/α-hetero) is 2. The van der Waals surface area contributed by atoms with Crippen LogP contribution in [0.3, 0.4) is 0 Å². The SMILES string of the molecule is CC(C)(C)OC1C(=O)c2ccccc2C1=O. The first-order valence-electron chi connectivity index (χ1n) is 5.25. The molecule has 0 saturated carbocycles. The molecule has 2 rings (SSSR count). The van der Waals surface area contributed by atoms with Gasteiger partial charge < -0.3 is 4.74 Å². The Hall–Kier alpha value is -1.48. The summed E-state index contributed by atoms with van der Waals surface area (Å²) in [6.07, 6.45) is -0.961. The molecule has 1 aliphatic rings. The zero-order valence-electron chi connectivity index (χ0n) is 9.61. The first-order chi connectivity index (χ1) is 7.40. The minimum absolute atomic E-state index is 0.226. The van der Waals surface area contributed by atoms with Crippen LogP contribution in [-0.4, -0.2) is 23.3 Å². The van der Waals surface area contributed by atoms with E-state index in [9.17, 15) is 9.59 Å². The normalized spacial score (nSPS) is 16.7. The van der Waals surface area contributed by atoms with Crippen molar-refractivity contribution in [2.24, 2.45) is 0 Å². The van der Waals surface area contributed by atoms with Crippen LogP contribution in [0.5, 0.6) is 0 Å². The van der Waals surface area contributed by atoms with Crippen LogP contribution in [0.15, 0.2) is 24.3 Å². The summed E-state index contributed by atoms with van der Waals surface area (Å²) in [6, 6.07) is 6.84. The molecular formula is C13H14O3. The van der Waals surface area contributed by atoms with Crippen molar-refractivity contribution in [3.63, 3.8) is 0 Å². The number of hydrogen-bond acceptors (Lipinski definition) is 3. The van der Waals surface area contributed by atoms with Gasteiger partial charge in [-0.05, 0) is 20.8 Å². The lowest BCUT2D eigenvalue weighted by Gasteiger charge is -2.22. The molecule has 0 spiro atoms. The minimum Gasteiger partial charge on any atom is -0.356 e. The van der Waals surface area contributed by atoms with Crippen molar-refractivity contribution in [3.8, 4) is 0 Å². The zero-order chi connectivity index (χ0) is 11.9. The Bertz CT molecular complexity index is 419. The van der Waals surface area contributed by atoms with E-state index < -0.39 is 11.7 Å². The third-order valence-electron chi connectivity index (χ3n) is 2.41. The van der Waals surface area contributed by atoms with Crippen LogP contribution in [0.1, 0.15) is 41.5 Å². The first-order valence-corrected chi connectivity index (χ1v) is 5.25. The number of ether oxygens (including phenoxy) is 1. The number of rotatable bonds is 1. The Kier molecular flexibility index (Phi) is 2.43. The maximum Gasteiger partial charge on any atom is 0.200 e. The standard InChI is InChI=1S/C13H14O3/c1-13(2,3)16-12-10(14)8-6-4-5-7-9(8)11(12)15/h4-7,12H,1-3H3. The number of benzene rings is 1. The molecule has 0 saturated heterocycles. The Morgan fingerprint density at radius 2 is 1.44 bits per heavy atom. The fraction of sp³-hybridized carbons (Fsp3) is 0.385. The van der Waals surface area contributed by atoms with Gasteiger partial charge in [-0.2, -0.15) is 0 Å². The molecule has 16 heavy (non-hydrogen) atoms. The van der Waals surface area contributed by atoms with E-state index in [1.807, 2.05) is 20.8 Å². The van der Waals surface area contributed by atoms with Crippen LogP contribution in [0, 0.1) is 0 Å². The molecule has 1 aromatic rings. The van der Waals surface area contributed by atoms with E-state index in [0.717, 1.165) is 0 Å². The summed E-state index contributed by atoms with van der Waals surface area (Å²) in [7, 11) is 0. The van der Waals surface area contributed by atoms with Gasteiger partial charge in [-0.1, -0.05) is 24.3 Å². The van der Waals surface area contributed by atoms with Crippen molar-refractivity contribution in [1.29, 1.82) is 0 Å². The molecule has 0 amide bonds. The molecule has 0 aromatic heterocycles. The summed E-state index contributed by atoms with van der Waals surface area (Å²) in [4.78, 5) is 23.9. The summed E-state index contributed by atoms with van der Waals surface area (Å²) in [5.74, 6) is -0.453. The predicted molar refractivity (Wildman–Crippen MR) is 59.7 cm³/mol. The van der Waals surface area contributed by atoms with Crippen LogP contribution < -0.4 is 0 Å². The third-order valence-corrected chi connectivity index (χ3v) is 2.41. The summed E-state index contributed by atoms with van der Waals surface area (Å²) >= 11 is 0. The van der Waals surface area contributed by atoms with Gasteiger partial charge in [-0.25, -0.2) is 0 Å². The quantitative estimate of drug-likeness (QED) is 0.679. The Balaban J connectivity index is 2.36. The van der Waals surface area contributed by atoms with Crippen molar-refractivity contribution in [2.45, 2.75) is 32.5 Å². The molecule has 84 valence electrons. The maximum atomic E-state index is 11.9. The van der Waals surface area contributed by atoms with Crippen LogP contribution in [0.25, 0.3) is 0 Å². The number of carbonyl (C=O) groups excluding carboxylic acids is 2. The second kappa shape index (κ2) is 3.52.